The van der Waals surface area contributed by atoms with Crippen LogP contribution in [-0.4, -0.2) is 0 Å². The van der Waals surface area contributed by atoms with Crippen LogP contribution in [0.4, 0.5) is 0 Å². The fraction of sp³-hybridized carbons (Fsp3) is 0.107. The smallest absolute Gasteiger partial charge is 0.138 e. The molecule has 0 atom stereocenters. The Morgan fingerprint density at radius 1 is 0.351 bits per heavy atom. The Bertz CT molecular complexity index is 4810. The molecule has 0 unspecified atom stereocenters. The van der Waals surface area contributed by atoms with E-state index in [-0.39, 0.29) is 128 Å². The number of hydrogen-bond donors (Lipinski definition) is 0. The Labute approximate surface area is 366 Å². The van der Waals surface area contributed by atoms with Crippen LogP contribution in [0.1, 0.15) is 66.3 Å². The van der Waals surface area contributed by atoms with E-state index in [1.807, 2.05) is 0 Å². The molecule has 57 heavy (non-hydrogen) atoms. The Morgan fingerprint density at radius 3 is 1.75 bits per heavy atom. The molecule has 0 N–H and O–H groups in total. The zero-order chi connectivity index (χ0) is 59.6. The number of furan rings is 1. The van der Waals surface area contributed by atoms with Crippen LogP contribution in [0.2, 0.25) is 0 Å². The van der Waals surface area contributed by atoms with Crippen molar-refractivity contribution in [3.8, 4) is 33.4 Å². The normalized spacial score (nSPS) is 17.9. The fourth-order valence-corrected chi connectivity index (χ4v) is 7.96. The number of fused-ring (bicyclic) bond motifs is 9. The Kier molecular flexibility index (Phi) is 3.74. The minimum atomic E-state index is -0.823. The molecular formula is C56H42O. The third-order valence-corrected chi connectivity index (χ3v) is 10.5. The van der Waals surface area contributed by atoms with Crippen molar-refractivity contribution in [2.24, 2.45) is 0 Å². The van der Waals surface area contributed by atoms with E-state index >= 15 is 0 Å². The van der Waals surface area contributed by atoms with E-state index < -0.39 is 154 Å². The molecule has 11 rings (SSSR count). The predicted octanol–water partition coefficient (Wildman–Crippen LogP) is 16.2. The molecule has 1 aromatic heterocycles. The molecule has 0 fully saturated rings. The lowest BCUT2D eigenvalue weighted by Crippen LogP contribution is -1.94. The van der Waals surface area contributed by atoms with Crippen LogP contribution in [0.3, 0.4) is 0 Å². The number of hydrogen-bond acceptors (Lipinski definition) is 1. The maximum absolute atomic E-state index is 10.1. The van der Waals surface area contributed by atoms with Crippen LogP contribution in [-0.2, 0) is 0 Å². The summed E-state index contributed by atoms with van der Waals surface area (Å²) in [5.41, 5.74) is -2.33. The minimum absolute atomic E-state index is 0.0330. The van der Waals surface area contributed by atoms with Gasteiger partial charge in [0.15, 0.2) is 0 Å². The van der Waals surface area contributed by atoms with E-state index in [1.165, 1.54) is 34.6 Å². The van der Waals surface area contributed by atoms with Gasteiger partial charge < -0.3 is 4.42 Å². The standard InChI is InChI=1S/C56H42O/c1-31-16-18-39-29-51-50-30-42(26-35(5)55(50)57-56(51)36(6)48(39)22-31)53-43-14-10-11-15-44(43)54(49-23-32(2)17-20-46(49)53)41-25-34(4)52-40(27-41)24-33(3)47-28-38(19-21-45(47)52)37-12-8-7-9-13-37/h7-30H,1-6H3/i7D,8D,9D,10D,11D,12D,13D,14D,15D,16D,17D,18D,19D,20D,21D,22D,23D,24D,25D,26D,27D,28D,29D,30D. The Morgan fingerprint density at radius 2 is 0.965 bits per heavy atom. The molecule has 0 radical (unpaired) electrons. The van der Waals surface area contributed by atoms with E-state index in [1.54, 1.807) is 6.92 Å². The van der Waals surface area contributed by atoms with Gasteiger partial charge in [0.05, 0.1) is 32.9 Å². The highest BCUT2D eigenvalue weighted by Crippen LogP contribution is 2.47. The van der Waals surface area contributed by atoms with Crippen molar-refractivity contribution in [2.45, 2.75) is 41.5 Å². The summed E-state index contributed by atoms with van der Waals surface area (Å²) in [6.45, 7) is 8.74. The second kappa shape index (κ2) is 12.4. The van der Waals surface area contributed by atoms with Crippen LogP contribution in [0.15, 0.2) is 149 Å². The molecule has 10 aromatic carbocycles. The largest absolute Gasteiger partial charge is 0.455 e. The first kappa shape index (κ1) is 17.2. The van der Waals surface area contributed by atoms with Gasteiger partial charge in [-0.25, -0.2) is 0 Å². The zero-order valence-corrected chi connectivity index (χ0v) is 31.4. The summed E-state index contributed by atoms with van der Waals surface area (Å²) in [7, 11) is 0. The van der Waals surface area contributed by atoms with Gasteiger partial charge >= 0.3 is 0 Å². The van der Waals surface area contributed by atoms with Crippen molar-refractivity contribution < 1.29 is 37.3 Å². The van der Waals surface area contributed by atoms with Crippen LogP contribution in [0.25, 0.3) is 109 Å². The molecule has 0 aliphatic heterocycles. The molecule has 0 amide bonds. The van der Waals surface area contributed by atoms with Gasteiger partial charge in [-0.1, -0.05) is 126 Å². The molecule has 0 aliphatic carbocycles. The Hall–Kier alpha value is -6.70. The van der Waals surface area contributed by atoms with Gasteiger partial charge in [0, 0.05) is 16.3 Å². The molecule has 0 spiro atoms. The van der Waals surface area contributed by atoms with Crippen LogP contribution in [0, 0.1) is 41.5 Å². The van der Waals surface area contributed by atoms with E-state index in [4.69, 9.17) is 18.1 Å². The Balaban J connectivity index is 1.36. The van der Waals surface area contributed by atoms with E-state index in [0.717, 1.165) is 0 Å². The third-order valence-electron chi connectivity index (χ3n) is 10.5. The maximum atomic E-state index is 10.1. The van der Waals surface area contributed by atoms with Crippen molar-refractivity contribution >= 4 is 75.8 Å². The molecule has 0 saturated heterocycles. The summed E-state index contributed by atoms with van der Waals surface area (Å²) in [5.74, 6) is 0. The van der Waals surface area contributed by atoms with Gasteiger partial charge in [0.25, 0.3) is 0 Å². The lowest BCUT2D eigenvalue weighted by molar-refractivity contribution is 0.663. The molecule has 0 aliphatic rings. The molecule has 0 saturated carbocycles. The molecule has 1 heterocycles. The summed E-state index contributed by atoms with van der Waals surface area (Å²) in [6.07, 6.45) is 0. The fourth-order valence-electron chi connectivity index (χ4n) is 7.96. The van der Waals surface area contributed by atoms with E-state index in [2.05, 4.69) is 0 Å². The first-order valence-corrected chi connectivity index (χ1v) is 18.2. The summed E-state index contributed by atoms with van der Waals surface area (Å²) in [6, 6.07) is -14.4. The zero-order valence-electron chi connectivity index (χ0n) is 55.4. The predicted molar refractivity (Wildman–Crippen MR) is 246 cm³/mol. The molecule has 1 nitrogen and oxygen atoms in total. The van der Waals surface area contributed by atoms with Gasteiger partial charge in [-0.3, -0.25) is 0 Å². The van der Waals surface area contributed by atoms with E-state index in [9.17, 15) is 19.2 Å². The van der Waals surface area contributed by atoms with Crippen LogP contribution < -0.4 is 0 Å². The van der Waals surface area contributed by atoms with Gasteiger partial charge in [0.2, 0.25) is 0 Å². The van der Waals surface area contributed by atoms with Crippen molar-refractivity contribution in [1.29, 1.82) is 0 Å². The van der Waals surface area contributed by atoms with Gasteiger partial charge in [-0.05, 0) is 176 Å². The molecular weight excluding hydrogens is 689 g/mol. The highest BCUT2D eigenvalue weighted by atomic mass is 16.3. The van der Waals surface area contributed by atoms with Gasteiger partial charge in [-0.2, -0.15) is 0 Å². The van der Waals surface area contributed by atoms with E-state index in [0.29, 0.717) is 5.56 Å². The van der Waals surface area contributed by atoms with Crippen molar-refractivity contribution in [3.63, 3.8) is 0 Å². The highest BCUT2D eigenvalue weighted by Gasteiger charge is 2.21. The second-order valence-electron chi connectivity index (χ2n) is 14.3. The second-order valence-corrected chi connectivity index (χ2v) is 14.3. The SMILES string of the molecule is [2H]c1c([2H])c([2H])c(-c2c([2H])c([2H])c3c(c2[2H])c(C)c([2H])c2c([2H])c(-c4c5c([2H])c([2H])c([2H])c([2H])c5c(-c5c([2H])c(C)c6oc7c(C)c8c([2H])c(C)c([2H])c([2H])c8c([2H])c7c6c5[2H])c5c([2H])c([2H])c(C)c([2H])c45)c([2H])c(C)c23)c([2H])c1[2H]. The highest BCUT2D eigenvalue weighted by molar-refractivity contribution is 6.24. The summed E-state index contributed by atoms with van der Waals surface area (Å²) in [5, 5.41) is -2.41. The summed E-state index contributed by atoms with van der Waals surface area (Å²) >= 11 is 0. The number of rotatable bonds is 3. The van der Waals surface area contributed by atoms with Crippen LogP contribution >= 0.6 is 0 Å². The van der Waals surface area contributed by atoms with Crippen molar-refractivity contribution in [3.05, 3.63) is 178 Å². The third kappa shape index (κ3) is 5.08. The van der Waals surface area contributed by atoms with Crippen LogP contribution in [0.5, 0.6) is 0 Å². The minimum Gasteiger partial charge on any atom is -0.455 e. The quantitative estimate of drug-likeness (QED) is 0.129. The monoisotopic (exact) mass is 754 g/mol. The number of benzene rings is 10. The molecule has 272 valence electrons. The number of aryl methyl sites for hydroxylation is 4. The maximum Gasteiger partial charge on any atom is 0.138 e. The lowest BCUT2D eigenvalue weighted by atomic mass is 9.83. The topological polar surface area (TPSA) is 13.1 Å². The van der Waals surface area contributed by atoms with Gasteiger partial charge in [-0.15, -0.1) is 0 Å². The first-order valence-electron chi connectivity index (χ1n) is 30.2. The van der Waals surface area contributed by atoms with Gasteiger partial charge in [0.1, 0.15) is 11.2 Å². The average molecular weight is 755 g/mol. The molecule has 1 heteroatoms. The lowest BCUT2D eigenvalue weighted by Gasteiger charge is -2.20. The van der Waals surface area contributed by atoms with Crippen molar-refractivity contribution in [2.75, 3.05) is 0 Å². The summed E-state index contributed by atoms with van der Waals surface area (Å²) < 4.78 is 229. The summed E-state index contributed by atoms with van der Waals surface area (Å²) in [4.78, 5) is 0. The average Bonchev–Trinajstić information content (AvgIpc) is 2.48. The van der Waals surface area contributed by atoms with Crippen molar-refractivity contribution in [1.82, 2.24) is 0 Å². The molecule has 11 aromatic rings. The molecule has 0 bridgehead atoms. The first-order chi connectivity index (χ1) is 37.8.